The van der Waals surface area contributed by atoms with Crippen LogP contribution in [0.5, 0.6) is 0 Å². The Morgan fingerprint density at radius 3 is 1.62 bits per heavy atom. The van der Waals surface area contributed by atoms with Gasteiger partial charge in [-0.1, -0.05) is 60.7 Å². The molecule has 0 spiro atoms. The number of aromatic nitrogens is 4. The van der Waals surface area contributed by atoms with E-state index in [4.69, 9.17) is 0 Å². The van der Waals surface area contributed by atoms with Crippen molar-refractivity contribution in [3.63, 3.8) is 0 Å². The van der Waals surface area contributed by atoms with E-state index in [0.29, 0.717) is 30.0 Å². The summed E-state index contributed by atoms with van der Waals surface area (Å²) in [5.74, 6) is 0.469. The van der Waals surface area contributed by atoms with E-state index < -0.39 is 5.60 Å². The van der Waals surface area contributed by atoms with Crippen LogP contribution in [0.3, 0.4) is 0 Å². The Balaban J connectivity index is 0.000000135. The fraction of sp³-hybridized carbons (Fsp3) is 0.417. The smallest absolute Gasteiger partial charge is 0.136 e. The van der Waals surface area contributed by atoms with E-state index in [0.717, 1.165) is 48.2 Å². The minimum Gasteiger partial charge on any atom is -0.383 e. The topological polar surface area (TPSA) is 95.3 Å². The van der Waals surface area contributed by atoms with Crippen molar-refractivity contribution in [1.82, 2.24) is 29.7 Å². The summed E-state index contributed by atoms with van der Waals surface area (Å²) in [6.45, 7) is 2.00. The van der Waals surface area contributed by atoms with Crippen molar-refractivity contribution >= 4 is 28.4 Å². The molecule has 8 nitrogen and oxygen atoms in total. The molecule has 234 valence electrons. The summed E-state index contributed by atoms with van der Waals surface area (Å²) < 4.78 is 0.931. The Morgan fingerprint density at radius 2 is 1.18 bits per heavy atom. The maximum atomic E-state index is 11.5. The second kappa shape index (κ2) is 15.0. The number of halogens is 1. The zero-order chi connectivity index (χ0) is 31.1. The van der Waals surface area contributed by atoms with Crippen LogP contribution in [0.4, 0.5) is 0 Å². The largest absolute Gasteiger partial charge is 0.383 e. The van der Waals surface area contributed by atoms with E-state index in [1.807, 2.05) is 0 Å². The van der Waals surface area contributed by atoms with Crippen molar-refractivity contribution in [1.29, 1.82) is 0 Å². The predicted octanol–water partition coefficient (Wildman–Crippen LogP) is 5.95. The van der Waals surface area contributed by atoms with Gasteiger partial charge in [-0.15, -0.1) is 0 Å². The van der Waals surface area contributed by atoms with Crippen molar-refractivity contribution in [2.45, 2.75) is 94.2 Å². The van der Waals surface area contributed by atoms with Crippen LogP contribution in [0.1, 0.15) is 68.2 Å². The highest BCUT2D eigenvalue weighted by molar-refractivity contribution is 14.1. The fourth-order valence-corrected chi connectivity index (χ4v) is 7.83. The van der Waals surface area contributed by atoms with Crippen LogP contribution >= 0.6 is 22.6 Å². The average Bonchev–Trinajstić information content (AvgIpc) is 3.45. The van der Waals surface area contributed by atoms with E-state index in [1.165, 1.54) is 36.8 Å². The Bertz CT molecular complexity index is 1470. The van der Waals surface area contributed by atoms with Gasteiger partial charge in [0.1, 0.15) is 15.1 Å². The lowest BCUT2D eigenvalue weighted by Gasteiger charge is -2.43. The molecule has 4 saturated heterocycles. The summed E-state index contributed by atoms with van der Waals surface area (Å²) in [4.78, 5) is 32.8. The van der Waals surface area contributed by atoms with Crippen LogP contribution in [0.2, 0.25) is 0 Å². The van der Waals surface area contributed by atoms with Crippen molar-refractivity contribution in [3.8, 4) is 0 Å². The van der Waals surface area contributed by atoms with Gasteiger partial charge in [0, 0.05) is 74.9 Å². The first kappa shape index (κ1) is 31.8. The summed E-state index contributed by atoms with van der Waals surface area (Å²) in [7, 11) is 0. The first-order valence-corrected chi connectivity index (χ1v) is 17.1. The van der Waals surface area contributed by atoms with Crippen LogP contribution in [-0.2, 0) is 23.5 Å². The van der Waals surface area contributed by atoms with Gasteiger partial charge >= 0.3 is 0 Å². The third-order valence-electron chi connectivity index (χ3n) is 9.60. The third kappa shape index (κ3) is 8.19. The number of ketones is 1. The maximum absolute atomic E-state index is 11.5. The number of Topliss-reactive ketones (excluding diaryl/α,β-unsaturated/α-hetero) is 1. The fourth-order valence-electron chi connectivity index (χ4n) is 7.51. The molecule has 9 heteroatoms. The molecule has 1 N–H and O–H groups in total. The molecule has 2 aromatic carbocycles. The number of carbonyl (C=O) groups excluding carboxylic acids is 1. The highest BCUT2D eigenvalue weighted by atomic mass is 127. The lowest BCUT2D eigenvalue weighted by Crippen LogP contribution is -2.49. The minimum atomic E-state index is -0.812. The number of nitrogens with zero attached hydrogens (tertiary/aromatic N) is 6. The van der Waals surface area contributed by atoms with Crippen LogP contribution in [0.15, 0.2) is 97.8 Å². The summed E-state index contributed by atoms with van der Waals surface area (Å²) in [5.41, 5.74) is 2.64. The predicted molar refractivity (Wildman–Crippen MR) is 182 cm³/mol. The molecule has 2 aromatic heterocycles. The molecule has 0 aliphatic carbocycles. The van der Waals surface area contributed by atoms with Crippen LogP contribution in [0, 0.1) is 3.70 Å². The molecule has 4 unspecified atom stereocenters. The van der Waals surface area contributed by atoms with Crippen LogP contribution in [-0.4, -0.2) is 64.8 Å². The third-order valence-corrected chi connectivity index (χ3v) is 10.2. The number of fused-ring (bicyclic) bond motifs is 4. The zero-order valence-electron chi connectivity index (χ0n) is 25.5. The van der Waals surface area contributed by atoms with Crippen molar-refractivity contribution in [2.24, 2.45) is 0 Å². The number of hydrogen-bond acceptors (Lipinski definition) is 8. The van der Waals surface area contributed by atoms with Gasteiger partial charge in [-0.25, -0.2) is 4.98 Å². The van der Waals surface area contributed by atoms with Gasteiger partial charge in [-0.2, -0.15) is 0 Å². The van der Waals surface area contributed by atoms with E-state index in [1.54, 1.807) is 37.2 Å². The molecule has 4 aliphatic heterocycles. The van der Waals surface area contributed by atoms with Crippen LogP contribution < -0.4 is 0 Å². The molecule has 0 radical (unpaired) electrons. The SMILES string of the molecule is Ic1cnccn1.O=C1CC2CCC(C1)N2Cc1ccccc1.OC1(c2cnccn2)CC2CCC(C1)N2Cc1ccccc1. The monoisotopic (exact) mass is 716 g/mol. The minimum absolute atomic E-state index is 0.436. The second-order valence-electron chi connectivity index (χ2n) is 12.6. The van der Waals surface area contributed by atoms with Crippen molar-refractivity contribution in [3.05, 3.63) is 118 Å². The summed E-state index contributed by atoms with van der Waals surface area (Å²) in [5, 5.41) is 11.1. The average molecular weight is 717 g/mol. The molecule has 4 fully saturated rings. The number of hydrogen-bond donors (Lipinski definition) is 1. The molecule has 4 atom stereocenters. The number of piperidine rings is 2. The number of aliphatic hydroxyl groups is 1. The first-order chi connectivity index (χ1) is 22.0. The number of rotatable bonds is 5. The van der Waals surface area contributed by atoms with Gasteiger partial charge in [0.25, 0.3) is 0 Å². The van der Waals surface area contributed by atoms with E-state index in [9.17, 15) is 9.90 Å². The Morgan fingerprint density at radius 1 is 0.689 bits per heavy atom. The van der Waals surface area contributed by atoms with E-state index >= 15 is 0 Å². The first-order valence-electron chi connectivity index (χ1n) is 16.0. The standard InChI is InChI=1S/C18H21N3O.C14H17NO.C4H3IN2/c22-18(17-12-19-8-9-20-17)10-15-6-7-16(11-18)21(15)13-14-4-2-1-3-5-14;16-14-8-12-6-7-13(9-14)15(12)10-11-4-2-1-3-5-11;5-4-3-6-1-2-7-4/h1-5,8-9,12,15-16,22H,6-7,10-11,13H2;1-5,12-13H,6-10H2;1-3H. The van der Waals surface area contributed by atoms with Gasteiger partial charge < -0.3 is 5.11 Å². The molecule has 4 aliphatic rings. The van der Waals surface area contributed by atoms with Gasteiger partial charge in [0.2, 0.25) is 0 Å². The summed E-state index contributed by atoms with van der Waals surface area (Å²) >= 11 is 2.11. The van der Waals surface area contributed by atoms with E-state index in [-0.39, 0.29) is 0 Å². The molecule has 4 aromatic rings. The van der Waals surface area contributed by atoms with Gasteiger partial charge in [-0.05, 0) is 72.2 Å². The molecular formula is C36H41IN6O2. The molecular weight excluding hydrogens is 675 g/mol. The summed E-state index contributed by atoms with van der Waals surface area (Å²) in [6.07, 6.45) is 17.9. The number of carbonyl (C=O) groups is 1. The van der Waals surface area contributed by atoms with Gasteiger partial charge in [0.05, 0.1) is 18.1 Å². The lowest BCUT2D eigenvalue weighted by atomic mass is 9.83. The summed E-state index contributed by atoms with van der Waals surface area (Å²) in [6, 6.07) is 23.1. The highest BCUT2D eigenvalue weighted by Crippen LogP contribution is 2.45. The zero-order valence-corrected chi connectivity index (χ0v) is 27.7. The van der Waals surface area contributed by atoms with Gasteiger partial charge in [0.15, 0.2) is 0 Å². The molecule has 0 saturated carbocycles. The quantitative estimate of drug-likeness (QED) is 0.253. The Labute approximate surface area is 279 Å². The van der Waals surface area contributed by atoms with Gasteiger partial charge in [-0.3, -0.25) is 29.5 Å². The molecule has 4 bridgehead atoms. The van der Waals surface area contributed by atoms with Crippen LogP contribution in [0.25, 0.3) is 0 Å². The normalized spacial score (nSPS) is 27.2. The maximum Gasteiger partial charge on any atom is 0.136 e. The molecule has 45 heavy (non-hydrogen) atoms. The Kier molecular flexibility index (Phi) is 10.6. The molecule has 0 amide bonds. The molecule has 6 heterocycles. The Hall–Kier alpha value is -3.12. The van der Waals surface area contributed by atoms with Crippen molar-refractivity contribution in [2.75, 3.05) is 0 Å². The molecule has 8 rings (SSSR count). The van der Waals surface area contributed by atoms with E-state index in [2.05, 4.69) is 113 Å². The number of benzene rings is 2. The lowest BCUT2D eigenvalue weighted by molar-refractivity contribution is -0.123. The van der Waals surface area contributed by atoms with Crippen molar-refractivity contribution < 1.29 is 9.90 Å². The second-order valence-corrected chi connectivity index (χ2v) is 13.7. The highest BCUT2D eigenvalue weighted by Gasteiger charge is 2.49.